The number of carbonyl (C=O) groups is 1. The van der Waals surface area contributed by atoms with Crippen molar-refractivity contribution in [1.29, 1.82) is 0 Å². The highest BCUT2D eigenvalue weighted by Crippen LogP contribution is 2.19. The molecule has 3 atom stereocenters. The molecule has 0 saturated heterocycles. The second-order valence-corrected chi connectivity index (χ2v) is 4.67. The molecule has 2 N–H and O–H groups in total. The summed E-state index contributed by atoms with van der Waals surface area (Å²) in [4.78, 5) is 10.7. The van der Waals surface area contributed by atoms with Crippen LogP contribution < -0.4 is 0 Å². The Kier molecular flexibility index (Phi) is 7.01. The smallest absolute Gasteiger partial charge is 0.306 e. The minimum Gasteiger partial charge on any atom is -0.481 e. The number of aliphatic hydroxyl groups is 1. The minimum atomic E-state index is -0.832. The standard InChI is InChI=1S/C10H20O3S/c1-7(8(2)10(12)13)9(11)5-4-6-14-3/h7-9,11H,4-6H2,1-3H3,(H,12,13). The van der Waals surface area contributed by atoms with Gasteiger partial charge in [0.1, 0.15) is 0 Å². The molecule has 0 heterocycles. The first-order valence-electron chi connectivity index (χ1n) is 4.90. The van der Waals surface area contributed by atoms with Gasteiger partial charge in [-0.3, -0.25) is 4.79 Å². The van der Waals surface area contributed by atoms with Crippen LogP contribution in [0.4, 0.5) is 0 Å². The lowest BCUT2D eigenvalue weighted by molar-refractivity contribution is -0.144. The van der Waals surface area contributed by atoms with E-state index in [2.05, 4.69) is 0 Å². The maximum absolute atomic E-state index is 10.7. The van der Waals surface area contributed by atoms with Crippen molar-refractivity contribution in [3.05, 3.63) is 0 Å². The van der Waals surface area contributed by atoms with Crippen LogP contribution in [0.2, 0.25) is 0 Å². The molecule has 0 aliphatic carbocycles. The lowest BCUT2D eigenvalue weighted by Crippen LogP contribution is -2.28. The van der Waals surface area contributed by atoms with Gasteiger partial charge in [-0.25, -0.2) is 0 Å². The van der Waals surface area contributed by atoms with Gasteiger partial charge < -0.3 is 10.2 Å². The summed E-state index contributed by atoms with van der Waals surface area (Å²) in [6.45, 7) is 3.44. The van der Waals surface area contributed by atoms with Gasteiger partial charge in [0, 0.05) is 0 Å². The molecule has 14 heavy (non-hydrogen) atoms. The molecule has 0 aliphatic heterocycles. The molecule has 0 aliphatic rings. The number of carboxylic acids is 1. The normalized spacial score (nSPS) is 17.4. The lowest BCUT2D eigenvalue weighted by atomic mass is 9.89. The van der Waals surface area contributed by atoms with E-state index in [4.69, 9.17) is 5.11 Å². The zero-order chi connectivity index (χ0) is 11.1. The molecule has 0 aromatic carbocycles. The molecule has 0 aromatic heterocycles. The van der Waals surface area contributed by atoms with E-state index in [0.29, 0.717) is 6.42 Å². The monoisotopic (exact) mass is 220 g/mol. The molecule has 0 bridgehead atoms. The maximum Gasteiger partial charge on any atom is 0.306 e. The van der Waals surface area contributed by atoms with Crippen molar-refractivity contribution in [2.45, 2.75) is 32.8 Å². The summed E-state index contributed by atoms with van der Waals surface area (Å²) in [7, 11) is 0. The first-order chi connectivity index (χ1) is 6.50. The summed E-state index contributed by atoms with van der Waals surface area (Å²) in [5.41, 5.74) is 0. The van der Waals surface area contributed by atoms with Gasteiger partial charge in [0.25, 0.3) is 0 Å². The van der Waals surface area contributed by atoms with E-state index in [-0.39, 0.29) is 5.92 Å². The van der Waals surface area contributed by atoms with E-state index < -0.39 is 18.0 Å². The van der Waals surface area contributed by atoms with Crippen LogP contribution in [0.25, 0.3) is 0 Å². The predicted molar refractivity (Wildman–Crippen MR) is 59.6 cm³/mol. The molecule has 84 valence electrons. The maximum atomic E-state index is 10.7. The fraction of sp³-hybridized carbons (Fsp3) is 0.900. The Balaban J connectivity index is 3.85. The third-order valence-electron chi connectivity index (χ3n) is 2.63. The molecule has 0 aromatic rings. The number of thioether (sulfide) groups is 1. The quantitative estimate of drug-likeness (QED) is 0.643. The Labute approximate surface area is 89.9 Å². The fourth-order valence-electron chi connectivity index (χ4n) is 1.26. The number of carboxylic acid groups (broad SMARTS) is 1. The van der Waals surface area contributed by atoms with Crippen molar-refractivity contribution in [1.82, 2.24) is 0 Å². The molecule has 0 rings (SSSR count). The van der Waals surface area contributed by atoms with Gasteiger partial charge in [-0.15, -0.1) is 0 Å². The Morgan fingerprint density at radius 1 is 1.43 bits per heavy atom. The number of aliphatic carboxylic acids is 1. The molecular weight excluding hydrogens is 200 g/mol. The summed E-state index contributed by atoms with van der Waals surface area (Å²) in [6.07, 6.45) is 3.17. The Morgan fingerprint density at radius 2 is 2.00 bits per heavy atom. The summed E-state index contributed by atoms with van der Waals surface area (Å²) in [5.74, 6) is -0.458. The van der Waals surface area contributed by atoms with Crippen molar-refractivity contribution in [3.63, 3.8) is 0 Å². The van der Waals surface area contributed by atoms with Gasteiger partial charge in [0.05, 0.1) is 12.0 Å². The largest absolute Gasteiger partial charge is 0.481 e. The van der Waals surface area contributed by atoms with E-state index in [1.807, 2.05) is 6.26 Å². The molecule has 0 radical (unpaired) electrons. The van der Waals surface area contributed by atoms with Gasteiger partial charge in [0.15, 0.2) is 0 Å². The van der Waals surface area contributed by atoms with E-state index in [1.165, 1.54) is 0 Å². The highest BCUT2D eigenvalue weighted by molar-refractivity contribution is 7.98. The van der Waals surface area contributed by atoms with Crippen LogP contribution in [-0.2, 0) is 4.79 Å². The van der Waals surface area contributed by atoms with Crippen LogP contribution in [0.3, 0.4) is 0 Å². The summed E-state index contributed by atoms with van der Waals surface area (Å²) < 4.78 is 0. The van der Waals surface area contributed by atoms with Crippen LogP contribution in [0, 0.1) is 11.8 Å². The molecule has 0 fully saturated rings. The minimum absolute atomic E-state index is 0.172. The van der Waals surface area contributed by atoms with Gasteiger partial charge in [-0.05, 0) is 30.8 Å². The average Bonchev–Trinajstić information content (AvgIpc) is 2.15. The zero-order valence-corrected chi connectivity index (χ0v) is 9.88. The third kappa shape index (κ3) is 4.86. The first kappa shape index (κ1) is 13.8. The lowest BCUT2D eigenvalue weighted by Gasteiger charge is -2.21. The molecular formula is C10H20O3S. The van der Waals surface area contributed by atoms with Crippen molar-refractivity contribution >= 4 is 17.7 Å². The number of aliphatic hydroxyl groups excluding tert-OH is 1. The van der Waals surface area contributed by atoms with Gasteiger partial charge in [-0.1, -0.05) is 13.8 Å². The molecule has 0 spiro atoms. The van der Waals surface area contributed by atoms with E-state index in [9.17, 15) is 9.90 Å². The van der Waals surface area contributed by atoms with Crippen LogP contribution in [0.1, 0.15) is 26.7 Å². The average molecular weight is 220 g/mol. The topological polar surface area (TPSA) is 57.5 Å². The fourth-order valence-corrected chi connectivity index (χ4v) is 1.71. The van der Waals surface area contributed by atoms with Crippen LogP contribution in [0.5, 0.6) is 0 Å². The highest BCUT2D eigenvalue weighted by Gasteiger charge is 2.25. The van der Waals surface area contributed by atoms with Crippen LogP contribution in [0.15, 0.2) is 0 Å². The van der Waals surface area contributed by atoms with Gasteiger partial charge >= 0.3 is 5.97 Å². The van der Waals surface area contributed by atoms with Crippen LogP contribution >= 0.6 is 11.8 Å². The van der Waals surface area contributed by atoms with E-state index >= 15 is 0 Å². The van der Waals surface area contributed by atoms with Crippen molar-refractivity contribution < 1.29 is 15.0 Å². The molecule has 3 unspecified atom stereocenters. The number of hydrogen-bond acceptors (Lipinski definition) is 3. The predicted octanol–water partition coefficient (Wildman–Crippen LogP) is 1.85. The van der Waals surface area contributed by atoms with Crippen molar-refractivity contribution in [2.75, 3.05) is 12.0 Å². The molecule has 3 nitrogen and oxygen atoms in total. The number of rotatable bonds is 7. The van der Waals surface area contributed by atoms with Gasteiger partial charge in [0.2, 0.25) is 0 Å². The summed E-state index contributed by atoms with van der Waals surface area (Å²) in [5, 5.41) is 18.4. The molecule has 0 amide bonds. The Bertz CT molecular complexity index is 173. The number of hydrogen-bond donors (Lipinski definition) is 2. The van der Waals surface area contributed by atoms with Crippen molar-refractivity contribution in [2.24, 2.45) is 11.8 Å². The second kappa shape index (κ2) is 7.12. The molecule has 4 heteroatoms. The summed E-state index contributed by atoms with van der Waals surface area (Å²) >= 11 is 1.74. The zero-order valence-electron chi connectivity index (χ0n) is 9.06. The van der Waals surface area contributed by atoms with Gasteiger partial charge in [-0.2, -0.15) is 11.8 Å². The Morgan fingerprint density at radius 3 is 2.43 bits per heavy atom. The SMILES string of the molecule is CSCCCC(O)C(C)C(C)C(=O)O. The van der Waals surface area contributed by atoms with Crippen molar-refractivity contribution in [3.8, 4) is 0 Å². The highest BCUT2D eigenvalue weighted by atomic mass is 32.2. The molecule has 0 saturated carbocycles. The van der Waals surface area contributed by atoms with Crippen LogP contribution in [-0.4, -0.2) is 34.3 Å². The van der Waals surface area contributed by atoms with E-state index in [0.717, 1.165) is 12.2 Å². The Hall–Kier alpha value is -0.220. The second-order valence-electron chi connectivity index (χ2n) is 3.69. The summed E-state index contributed by atoms with van der Waals surface area (Å²) in [6, 6.07) is 0. The third-order valence-corrected chi connectivity index (χ3v) is 3.33. The van der Waals surface area contributed by atoms with E-state index in [1.54, 1.807) is 25.6 Å². The first-order valence-corrected chi connectivity index (χ1v) is 6.29.